The highest BCUT2D eigenvalue weighted by Gasteiger charge is 2.24. The summed E-state index contributed by atoms with van der Waals surface area (Å²) < 4.78 is 5.69. The van der Waals surface area contributed by atoms with Gasteiger partial charge in [-0.3, -0.25) is 4.79 Å². The lowest BCUT2D eigenvalue weighted by molar-refractivity contribution is 0.0931. The highest BCUT2D eigenvalue weighted by atomic mass is 16.5. The zero-order valence-electron chi connectivity index (χ0n) is 10.1. The first-order valence-corrected chi connectivity index (χ1v) is 6.62. The van der Waals surface area contributed by atoms with E-state index in [1.807, 2.05) is 12.1 Å². The highest BCUT2D eigenvalue weighted by molar-refractivity contribution is 5.99. The van der Waals surface area contributed by atoms with E-state index in [4.69, 9.17) is 4.74 Å². The van der Waals surface area contributed by atoms with Crippen LogP contribution in [0.2, 0.25) is 0 Å². The quantitative estimate of drug-likeness (QED) is 0.744. The summed E-state index contributed by atoms with van der Waals surface area (Å²) >= 11 is 0. The molecule has 1 heterocycles. The standard InChI is InChI=1S/C15H18O2/c16-14(10-11-4-1-5-11)13-8-2-6-12-7-3-9-17-15(12)13/h2,6,8,11H,1,3-5,7,9-10H2. The minimum atomic E-state index is 0.272. The summed E-state index contributed by atoms with van der Waals surface area (Å²) in [6.07, 6.45) is 6.55. The number of benzene rings is 1. The van der Waals surface area contributed by atoms with Gasteiger partial charge in [-0.05, 0) is 30.4 Å². The van der Waals surface area contributed by atoms with Crippen LogP contribution in [0.5, 0.6) is 5.75 Å². The first-order valence-electron chi connectivity index (χ1n) is 6.62. The number of ketones is 1. The first-order chi connectivity index (χ1) is 8.34. The van der Waals surface area contributed by atoms with Gasteiger partial charge >= 0.3 is 0 Å². The summed E-state index contributed by atoms with van der Waals surface area (Å²) in [6.45, 7) is 0.751. The van der Waals surface area contributed by atoms with E-state index in [1.54, 1.807) is 0 Å². The van der Waals surface area contributed by atoms with Crippen LogP contribution in [-0.4, -0.2) is 12.4 Å². The molecule has 0 spiro atoms. The number of ether oxygens (including phenoxy) is 1. The Balaban J connectivity index is 1.83. The van der Waals surface area contributed by atoms with Gasteiger partial charge in [0.2, 0.25) is 0 Å². The van der Waals surface area contributed by atoms with E-state index in [-0.39, 0.29) is 5.78 Å². The van der Waals surface area contributed by atoms with Crippen LogP contribution in [0.25, 0.3) is 0 Å². The predicted molar refractivity (Wildman–Crippen MR) is 66.5 cm³/mol. The van der Waals surface area contributed by atoms with Crippen LogP contribution < -0.4 is 4.74 Å². The molecule has 0 unspecified atom stereocenters. The van der Waals surface area contributed by atoms with Crippen LogP contribution in [0.3, 0.4) is 0 Å². The molecule has 1 aromatic rings. The molecule has 90 valence electrons. The fraction of sp³-hybridized carbons (Fsp3) is 0.533. The molecule has 0 N–H and O–H groups in total. The second-order valence-electron chi connectivity index (χ2n) is 5.17. The van der Waals surface area contributed by atoms with E-state index in [1.165, 1.54) is 24.8 Å². The maximum atomic E-state index is 12.2. The van der Waals surface area contributed by atoms with Crippen LogP contribution in [0.4, 0.5) is 0 Å². The Labute approximate surface area is 102 Å². The number of hydrogen-bond acceptors (Lipinski definition) is 2. The van der Waals surface area contributed by atoms with Crippen molar-refractivity contribution in [2.75, 3.05) is 6.61 Å². The van der Waals surface area contributed by atoms with E-state index in [9.17, 15) is 4.79 Å². The summed E-state index contributed by atoms with van der Waals surface area (Å²) in [5.74, 6) is 1.76. The van der Waals surface area contributed by atoms with Gasteiger partial charge in [0.25, 0.3) is 0 Å². The Morgan fingerprint density at radius 3 is 2.94 bits per heavy atom. The average Bonchev–Trinajstić information content (AvgIpc) is 2.33. The molecule has 17 heavy (non-hydrogen) atoms. The molecular weight excluding hydrogens is 212 g/mol. The van der Waals surface area contributed by atoms with Crippen molar-refractivity contribution in [2.24, 2.45) is 5.92 Å². The third-order valence-corrected chi connectivity index (χ3v) is 3.93. The molecule has 0 aromatic heterocycles. The van der Waals surface area contributed by atoms with Gasteiger partial charge < -0.3 is 4.74 Å². The van der Waals surface area contributed by atoms with E-state index < -0.39 is 0 Å². The van der Waals surface area contributed by atoms with Crippen molar-refractivity contribution in [1.82, 2.24) is 0 Å². The normalized spacial score (nSPS) is 19.1. The number of Topliss-reactive ketones (excluding diaryl/α,β-unsaturated/α-hetero) is 1. The van der Waals surface area contributed by atoms with E-state index in [0.717, 1.165) is 30.8 Å². The Hall–Kier alpha value is -1.31. The van der Waals surface area contributed by atoms with Gasteiger partial charge in [0, 0.05) is 6.42 Å². The first kappa shape index (κ1) is 10.8. The van der Waals surface area contributed by atoms with Crippen LogP contribution in [-0.2, 0) is 6.42 Å². The number of hydrogen-bond donors (Lipinski definition) is 0. The van der Waals surface area contributed by atoms with E-state index >= 15 is 0 Å². The monoisotopic (exact) mass is 230 g/mol. The van der Waals surface area contributed by atoms with Crippen molar-refractivity contribution < 1.29 is 9.53 Å². The summed E-state index contributed by atoms with van der Waals surface area (Å²) in [6, 6.07) is 5.99. The smallest absolute Gasteiger partial charge is 0.166 e. The zero-order chi connectivity index (χ0) is 11.7. The molecule has 0 bridgehead atoms. The minimum absolute atomic E-state index is 0.272. The van der Waals surface area contributed by atoms with Crippen molar-refractivity contribution >= 4 is 5.78 Å². The third-order valence-electron chi connectivity index (χ3n) is 3.93. The van der Waals surface area contributed by atoms with Gasteiger partial charge in [-0.1, -0.05) is 31.4 Å². The molecule has 1 aliphatic heterocycles. The number of fused-ring (bicyclic) bond motifs is 1. The SMILES string of the molecule is O=C(CC1CCC1)c1cccc2c1OCCC2. The average molecular weight is 230 g/mol. The van der Waals surface area contributed by atoms with Gasteiger partial charge in [-0.2, -0.15) is 0 Å². The van der Waals surface area contributed by atoms with Crippen molar-refractivity contribution in [1.29, 1.82) is 0 Å². The molecular formula is C15H18O2. The fourth-order valence-electron chi connectivity index (χ4n) is 2.68. The fourth-order valence-corrected chi connectivity index (χ4v) is 2.68. The van der Waals surface area contributed by atoms with Crippen LogP contribution in [0, 0.1) is 5.92 Å². The van der Waals surface area contributed by atoms with Gasteiger partial charge in [0.15, 0.2) is 5.78 Å². The Bertz CT molecular complexity index is 433. The Kier molecular flexibility index (Phi) is 2.87. The molecule has 3 rings (SSSR count). The molecule has 1 aromatic carbocycles. The molecule has 0 amide bonds. The molecule has 1 aliphatic carbocycles. The van der Waals surface area contributed by atoms with Crippen LogP contribution in [0.1, 0.15) is 48.0 Å². The molecule has 0 radical (unpaired) electrons. The van der Waals surface area contributed by atoms with Gasteiger partial charge in [0.05, 0.1) is 12.2 Å². The lowest BCUT2D eigenvalue weighted by Crippen LogP contribution is -2.18. The summed E-state index contributed by atoms with van der Waals surface area (Å²) in [4.78, 5) is 12.2. The summed E-state index contributed by atoms with van der Waals surface area (Å²) in [5, 5.41) is 0. The van der Waals surface area contributed by atoms with Crippen LogP contribution >= 0.6 is 0 Å². The number of carbonyl (C=O) groups is 1. The molecule has 0 atom stereocenters. The van der Waals surface area contributed by atoms with Crippen molar-refractivity contribution in [3.8, 4) is 5.75 Å². The van der Waals surface area contributed by atoms with Gasteiger partial charge in [0.1, 0.15) is 5.75 Å². The maximum absolute atomic E-state index is 12.2. The Morgan fingerprint density at radius 2 is 2.18 bits per heavy atom. The summed E-state index contributed by atoms with van der Waals surface area (Å²) in [7, 11) is 0. The van der Waals surface area contributed by atoms with Crippen molar-refractivity contribution in [3.05, 3.63) is 29.3 Å². The van der Waals surface area contributed by atoms with Crippen molar-refractivity contribution in [2.45, 2.75) is 38.5 Å². The third kappa shape index (κ3) is 2.08. The Morgan fingerprint density at radius 1 is 1.29 bits per heavy atom. The van der Waals surface area contributed by atoms with Crippen LogP contribution in [0.15, 0.2) is 18.2 Å². The zero-order valence-corrected chi connectivity index (χ0v) is 10.1. The second kappa shape index (κ2) is 4.52. The maximum Gasteiger partial charge on any atom is 0.166 e. The molecule has 1 fully saturated rings. The molecule has 0 saturated heterocycles. The molecule has 1 saturated carbocycles. The van der Waals surface area contributed by atoms with E-state index in [2.05, 4.69) is 6.07 Å². The topological polar surface area (TPSA) is 26.3 Å². The second-order valence-corrected chi connectivity index (χ2v) is 5.17. The van der Waals surface area contributed by atoms with Gasteiger partial charge in [-0.25, -0.2) is 0 Å². The molecule has 2 heteroatoms. The van der Waals surface area contributed by atoms with Gasteiger partial charge in [-0.15, -0.1) is 0 Å². The molecule has 2 aliphatic rings. The summed E-state index contributed by atoms with van der Waals surface area (Å²) in [5.41, 5.74) is 2.02. The number of aryl methyl sites for hydroxylation is 1. The highest BCUT2D eigenvalue weighted by Crippen LogP contribution is 2.34. The number of rotatable bonds is 3. The predicted octanol–water partition coefficient (Wildman–Crippen LogP) is 3.38. The minimum Gasteiger partial charge on any atom is -0.493 e. The van der Waals surface area contributed by atoms with Crippen molar-refractivity contribution in [3.63, 3.8) is 0 Å². The van der Waals surface area contributed by atoms with E-state index in [0.29, 0.717) is 12.3 Å². The number of para-hydroxylation sites is 1. The molecule has 2 nitrogen and oxygen atoms in total. The number of carbonyl (C=O) groups excluding carboxylic acids is 1. The largest absolute Gasteiger partial charge is 0.493 e. The lowest BCUT2D eigenvalue weighted by atomic mass is 9.80. The lowest BCUT2D eigenvalue weighted by Gasteiger charge is -2.25.